The van der Waals surface area contributed by atoms with Gasteiger partial charge in [-0.1, -0.05) is 39.7 Å². The molecule has 2 aromatic rings. The van der Waals surface area contributed by atoms with Crippen molar-refractivity contribution in [3.63, 3.8) is 0 Å². The number of rotatable bonds is 6. The van der Waals surface area contributed by atoms with Crippen LogP contribution in [0.1, 0.15) is 28.4 Å². The molecular formula is C17H14BrClN2O5. The lowest BCUT2D eigenvalue weighted by molar-refractivity contribution is -0.384. The monoisotopic (exact) mass is 440 g/mol. The highest BCUT2D eigenvalue weighted by Crippen LogP contribution is 2.25. The van der Waals surface area contributed by atoms with Crippen LogP contribution in [0.3, 0.4) is 0 Å². The largest absolute Gasteiger partial charge is 0.469 e. The highest BCUT2D eigenvalue weighted by atomic mass is 79.9. The standard InChI is InChI=1S/C17H14BrClN2O5/c1-26-16(22)9-15(10-2-4-11(18)5-3-10)20-17(23)13-8-12(21(24)25)6-7-14(13)19/h2-8,15H,9H2,1H3,(H,20,23). The Hall–Kier alpha value is -2.45. The fourth-order valence-electron chi connectivity index (χ4n) is 2.23. The zero-order chi connectivity index (χ0) is 19.3. The number of nitro groups is 1. The molecule has 0 aliphatic rings. The topological polar surface area (TPSA) is 98.5 Å². The van der Waals surface area contributed by atoms with E-state index in [0.29, 0.717) is 5.56 Å². The van der Waals surface area contributed by atoms with Gasteiger partial charge in [0.15, 0.2) is 0 Å². The van der Waals surface area contributed by atoms with Crippen LogP contribution in [-0.4, -0.2) is 23.9 Å². The van der Waals surface area contributed by atoms with Crippen molar-refractivity contribution < 1.29 is 19.2 Å². The van der Waals surface area contributed by atoms with Crippen LogP contribution in [0.5, 0.6) is 0 Å². The van der Waals surface area contributed by atoms with Crippen molar-refractivity contribution in [3.05, 3.63) is 73.2 Å². The number of nitro benzene ring substituents is 1. The summed E-state index contributed by atoms with van der Waals surface area (Å²) in [5, 5.41) is 13.7. The summed E-state index contributed by atoms with van der Waals surface area (Å²) in [6, 6.07) is 9.93. The lowest BCUT2D eigenvalue weighted by atomic mass is 10.0. The summed E-state index contributed by atoms with van der Waals surface area (Å²) in [5.74, 6) is -1.14. The first kappa shape index (κ1) is 19.9. The molecular weight excluding hydrogens is 428 g/mol. The molecule has 2 aromatic carbocycles. The van der Waals surface area contributed by atoms with Crippen molar-refractivity contribution in [1.82, 2.24) is 5.32 Å². The molecule has 0 spiro atoms. The number of ether oxygens (including phenoxy) is 1. The van der Waals surface area contributed by atoms with Crippen molar-refractivity contribution in [2.45, 2.75) is 12.5 Å². The predicted molar refractivity (Wildman–Crippen MR) is 99.1 cm³/mol. The predicted octanol–water partition coefficient (Wildman–Crippen LogP) is 4.04. The number of esters is 1. The number of carbonyl (C=O) groups is 2. The van der Waals surface area contributed by atoms with Crippen molar-refractivity contribution >= 4 is 45.1 Å². The minimum Gasteiger partial charge on any atom is -0.469 e. The van der Waals surface area contributed by atoms with E-state index in [1.54, 1.807) is 24.3 Å². The zero-order valence-corrected chi connectivity index (χ0v) is 15.9. The number of hydrogen-bond donors (Lipinski definition) is 1. The smallest absolute Gasteiger partial charge is 0.307 e. The lowest BCUT2D eigenvalue weighted by Crippen LogP contribution is -2.30. The van der Waals surface area contributed by atoms with Crippen LogP contribution in [0.15, 0.2) is 46.9 Å². The second-order valence-corrected chi connectivity index (χ2v) is 6.60. The number of nitrogens with zero attached hydrogens (tertiary/aromatic N) is 1. The first-order valence-corrected chi connectivity index (χ1v) is 8.56. The number of amides is 1. The van der Waals surface area contributed by atoms with Gasteiger partial charge in [0.1, 0.15) is 0 Å². The number of nitrogens with one attached hydrogen (secondary N) is 1. The Morgan fingerprint density at radius 2 is 1.92 bits per heavy atom. The number of hydrogen-bond acceptors (Lipinski definition) is 5. The van der Waals surface area contributed by atoms with Crippen molar-refractivity contribution in [2.24, 2.45) is 0 Å². The van der Waals surface area contributed by atoms with Crippen LogP contribution in [0, 0.1) is 10.1 Å². The van der Waals surface area contributed by atoms with Crippen molar-refractivity contribution in [2.75, 3.05) is 7.11 Å². The average Bonchev–Trinajstić information content (AvgIpc) is 2.61. The fourth-order valence-corrected chi connectivity index (χ4v) is 2.70. The number of benzene rings is 2. The van der Waals surface area contributed by atoms with E-state index in [9.17, 15) is 19.7 Å². The normalized spacial score (nSPS) is 11.5. The third-order valence-electron chi connectivity index (χ3n) is 3.58. The molecule has 1 atom stereocenters. The summed E-state index contributed by atoms with van der Waals surface area (Å²) in [6.07, 6.45) is -0.101. The van der Waals surface area contributed by atoms with Crippen LogP contribution < -0.4 is 5.32 Å². The maximum absolute atomic E-state index is 12.6. The highest BCUT2D eigenvalue weighted by molar-refractivity contribution is 9.10. The quantitative estimate of drug-likeness (QED) is 0.414. The Bertz CT molecular complexity index is 842. The minimum atomic E-state index is -0.682. The van der Waals surface area contributed by atoms with Gasteiger partial charge in [-0.2, -0.15) is 0 Å². The maximum atomic E-state index is 12.6. The van der Waals surface area contributed by atoms with E-state index in [-0.39, 0.29) is 22.7 Å². The molecule has 0 aliphatic heterocycles. The van der Waals surface area contributed by atoms with Gasteiger partial charge in [0.2, 0.25) is 0 Å². The first-order chi connectivity index (χ1) is 12.3. The first-order valence-electron chi connectivity index (χ1n) is 7.39. The zero-order valence-electron chi connectivity index (χ0n) is 13.6. The number of carbonyl (C=O) groups excluding carboxylic acids is 2. The van der Waals surface area contributed by atoms with Gasteiger partial charge in [-0.25, -0.2) is 0 Å². The SMILES string of the molecule is COC(=O)CC(NC(=O)c1cc([N+](=O)[O-])ccc1Cl)c1ccc(Br)cc1. The van der Waals surface area contributed by atoms with Crippen molar-refractivity contribution in [1.29, 1.82) is 0 Å². The van der Waals surface area contributed by atoms with Gasteiger partial charge in [0, 0.05) is 16.6 Å². The fraction of sp³-hybridized carbons (Fsp3) is 0.176. The lowest BCUT2D eigenvalue weighted by Gasteiger charge is -2.19. The number of methoxy groups -OCH3 is 1. The molecule has 26 heavy (non-hydrogen) atoms. The van der Waals surface area contributed by atoms with Gasteiger partial charge in [0.25, 0.3) is 11.6 Å². The summed E-state index contributed by atoms with van der Waals surface area (Å²) in [4.78, 5) is 34.6. The molecule has 1 unspecified atom stereocenters. The molecule has 1 N–H and O–H groups in total. The average molecular weight is 442 g/mol. The molecule has 2 rings (SSSR count). The molecule has 7 nitrogen and oxygen atoms in total. The van der Waals surface area contributed by atoms with Gasteiger partial charge in [-0.05, 0) is 23.8 Å². The van der Waals surface area contributed by atoms with Crippen LogP contribution in [0.4, 0.5) is 5.69 Å². The maximum Gasteiger partial charge on any atom is 0.307 e. The molecule has 0 aliphatic carbocycles. The molecule has 0 bridgehead atoms. The summed E-state index contributed by atoms with van der Waals surface area (Å²) < 4.78 is 5.51. The van der Waals surface area contributed by atoms with E-state index in [1.807, 2.05) is 0 Å². The summed E-state index contributed by atoms with van der Waals surface area (Å²) >= 11 is 9.32. The van der Waals surface area contributed by atoms with Crippen LogP contribution in [0.25, 0.3) is 0 Å². The van der Waals surface area contributed by atoms with Crippen molar-refractivity contribution in [3.8, 4) is 0 Å². The Morgan fingerprint density at radius 1 is 1.27 bits per heavy atom. The summed E-state index contributed by atoms with van der Waals surface area (Å²) in [7, 11) is 1.25. The van der Waals surface area contributed by atoms with Gasteiger partial charge < -0.3 is 10.1 Å². The molecule has 0 aromatic heterocycles. The van der Waals surface area contributed by atoms with Crippen LogP contribution >= 0.6 is 27.5 Å². The van der Waals surface area contributed by atoms with Gasteiger partial charge >= 0.3 is 5.97 Å². The Kier molecular flexibility index (Phi) is 6.70. The molecule has 136 valence electrons. The van der Waals surface area contributed by atoms with E-state index >= 15 is 0 Å². The second kappa shape index (κ2) is 8.77. The van der Waals surface area contributed by atoms with E-state index < -0.39 is 22.8 Å². The van der Waals surface area contributed by atoms with E-state index in [4.69, 9.17) is 11.6 Å². The Labute approximate surface area is 162 Å². The molecule has 0 heterocycles. The molecule has 1 amide bonds. The third-order valence-corrected chi connectivity index (χ3v) is 4.44. The van der Waals surface area contributed by atoms with E-state index in [2.05, 4.69) is 26.0 Å². The molecule has 0 fully saturated rings. The van der Waals surface area contributed by atoms with E-state index in [1.165, 1.54) is 19.2 Å². The van der Waals surface area contributed by atoms with Crippen LogP contribution in [0.2, 0.25) is 5.02 Å². The Morgan fingerprint density at radius 3 is 2.50 bits per heavy atom. The molecule has 9 heteroatoms. The summed E-state index contributed by atoms with van der Waals surface area (Å²) in [6.45, 7) is 0. The van der Waals surface area contributed by atoms with E-state index in [0.717, 1.165) is 10.5 Å². The third kappa shape index (κ3) is 5.03. The summed E-state index contributed by atoms with van der Waals surface area (Å²) in [5.41, 5.74) is 0.369. The molecule has 0 saturated carbocycles. The second-order valence-electron chi connectivity index (χ2n) is 5.28. The number of halogens is 2. The minimum absolute atomic E-state index is 0.0483. The van der Waals surface area contributed by atoms with Gasteiger partial charge in [0.05, 0.1) is 35.1 Å². The van der Waals surface area contributed by atoms with Crippen LogP contribution in [-0.2, 0) is 9.53 Å². The molecule has 0 radical (unpaired) electrons. The van der Waals surface area contributed by atoms with Gasteiger partial charge in [-0.3, -0.25) is 19.7 Å². The Balaban J connectivity index is 2.31. The highest BCUT2D eigenvalue weighted by Gasteiger charge is 2.22. The number of non-ortho nitro benzene ring substituents is 1. The van der Waals surface area contributed by atoms with Gasteiger partial charge in [-0.15, -0.1) is 0 Å². The molecule has 0 saturated heterocycles.